The molecular weight excluding hydrogens is 465 g/mol. The highest BCUT2D eigenvalue weighted by Crippen LogP contribution is 2.23. The van der Waals surface area contributed by atoms with Gasteiger partial charge in [0.15, 0.2) is 13.2 Å². The first-order valence-corrected chi connectivity index (χ1v) is 11.3. The topological polar surface area (TPSA) is 84.5 Å². The molecule has 36 heavy (non-hydrogen) atoms. The van der Waals surface area contributed by atoms with Crippen LogP contribution >= 0.6 is 0 Å². The van der Waals surface area contributed by atoms with Crippen LogP contribution in [-0.4, -0.2) is 38.9 Å². The summed E-state index contributed by atoms with van der Waals surface area (Å²) in [6, 6.07) is 16.3. The Kier molecular flexibility index (Phi) is 6.91. The molecule has 0 radical (unpaired) electrons. The largest absolute Gasteiger partial charge is 0.482 e. The summed E-state index contributed by atoms with van der Waals surface area (Å²) in [7, 11) is 1.80. The van der Waals surface area contributed by atoms with Crippen molar-refractivity contribution < 1.29 is 23.5 Å². The van der Waals surface area contributed by atoms with E-state index in [2.05, 4.69) is 0 Å². The molecular formula is C27H26FN3O5. The molecule has 0 saturated carbocycles. The van der Waals surface area contributed by atoms with E-state index >= 15 is 0 Å². The van der Waals surface area contributed by atoms with Crippen LogP contribution in [0.4, 0.5) is 4.39 Å². The Morgan fingerprint density at radius 2 is 1.64 bits per heavy atom. The maximum Gasteiger partial charge on any atom is 0.344 e. The molecule has 0 saturated heterocycles. The van der Waals surface area contributed by atoms with E-state index in [1.165, 1.54) is 18.2 Å². The number of Topliss-reactive ketones (excluding diaryl/α,β-unsaturated/α-hetero) is 1. The third-order valence-corrected chi connectivity index (χ3v) is 6.00. The molecule has 0 amide bonds. The van der Waals surface area contributed by atoms with Gasteiger partial charge in [0.25, 0.3) is 5.56 Å². The van der Waals surface area contributed by atoms with Crippen LogP contribution in [0.25, 0.3) is 11.4 Å². The zero-order valence-corrected chi connectivity index (χ0v) is 20.4. The Bertz CT molecular complexity index is 1500. The zero-order chi connectivity index (χ0) is 26.0. The molecule has 186 valence electrons. The van der Waals surface area contributed by atoms with Crippen molar-refractivity contribution in [2.24, 2.45) is 7.05 Å². The van der Waals surface area contributed by atoms with Crippen molar-refractivity contribution in [3.05, 3.63) is 99.5 Å². The van der Waals surface area contributed by atoms with Crippen LogP contribution in [0.1, 0.15) is 27.4 Å². The van der Waals surface area contributed by atoms with E-state index in [4.69, 9.17) is 9.47 Å². The predicted octanol–water partition coefficient (Wildman–Crippen LogP) is 3.84. The molecule has 0 aliphatic rings. The Labute approximate surface area is 207 Å². The number of aromatic nitrogens is 3. The Morgan fingerprint density at radius 1 is 0.917 bits per heavy atom. The molecule has 2 aromatic heterocycles. The lowest BCUT2D eigenvalue weighted by atomic mass is 10.1. The van der Waals surface area contributed by atoms with Gasteiger partial charge in [0, 0.05) is 30.1 Å². The second kappa shape index (κ2) is 10.1. The van der Waals surface area contributed by atoms with E-state index in [0.29, 0.717) is 22.6 Å². The minimum absolute atomic E-state index is 0.182. The number of hydrogen-bond acceptors (Lipinski definition) is 5. The first kappa shape index (κ1) is 24.7. The second-order valence-corrected chi connectivity index (χ2v) is 8.36. The van der Waals surface area contributed by atoms with Gasteiger partial charge in [-0.1, -0.05) is 24.3 Å². The van der Waals surface area contributed by atoms with Crippen molar-refractivity contribution in [1.29, 1.82) is 0 Å². The monoisotopic (exact) mass is 491 g/mol. The summed E-state index contributed by atoms with van der Waals surface area (Å²) in [4.78, 5) is 38.4. The molecule has 4 aromatic rings. The van der Waals surface area contributed by atoms with Crippen molar-refractivity contribution in [1.82, 2.24) is 13.9 Å². The van der Waals surface area contributed by atoms with Gasteiger partial charge in [0.1, 0.15) is 17.3 Å². The fourth-order valence-electron chi connectivity index (χ4n) is 4.17. The molecule has 0 unspecified atom stereocenters. The van der Waals surface area contributed by atoms with Gasteiger partial charge >= 0.3 is 5.97 Å². The fourth-order valence-corrected chi connectivity index (χ4v) is 4.17. The highest BCUT2D eigenvalue weighted by molar-refractivity contribution is 5.99. The van der Waals surface area contributed by atoms with E-state index in [1.807, 2.05) is 37.3 Å². The lowest BCUT2D eigenvalue weighted by molar-refractivity contribution is -0.144. The van der Waals surface area contributed by atoms with Gasteiger partial charge in [0.2, 0.25) is 5.78 Å². The van der Waals surface area contributed by atoms with Gasteiger partial charge in [-0.2, -0.15) is 0 Å². The minimum Gasteiger partial charge on any atom is -0.482 e. The summed E-state index contributed by atoms with van der Waals surface area (Å²) >= 11 is 0. The molecule has 9 heteroatoms. The van der Waals surface area contributed by atoms with Crippen LogP contribution in [0.5, 0.6) is 5.75 Å². The van der Waals surface area contributed by atoms with E-state index in [1.54, 1.807) is 40.9 Å². The van der Waals surface area contributed by atoms with Gasteiger partial charge in [-0.15, -0.1) is 0 Å². The number of benzene rings is 2. The molecule has 0 fully saturated rings. The van der Waals surface area contributed by atoms with Crippen LogP contribution in [-0.2, 0) is 16.6 Å². The maximum absolute atomic E-state index is 13.4. The molecule has 0 atom stereocenters. The summed E-state index contributed by atoms with van der Waals surface area (Å²) in [6.07, 6.45) is 0. The number of ketones is 1. The number of carbonyl (C=O) groups excluding carboxylic acids is 2. The van der Waals surface area contributed by atoms with Gasteiger partial charge in [-0.3, -0.25) is 14.3 Å². The van der Waals surface area contributed by atoms with Crippen LogP contribution in [0.3, 0.4) is 0 Å². The van der Waals surface area contributed by atoms with E-state index in [-0.39, 0.29) is 11.3 Å². The lowest BCUT2D eigenvalue weighted by Gasteiger charge is -2.09. The standard InChI is InChI=1S/C27H26FN3O5/c1-17-13-23(24(32)15-36-25(33)16-35-22-12-8-9-20(28)14-22)18(2)30(17)26-19(3)29(4)31(27(26)34)21-10-6-5-7-11-21/h5-14H,15-16H2,1-4H3. The van der Waals surface area contributed by atoms with Crippen molar-refractivity contribution in [3.8, 4) is 17.1 Å². The molecule has 4 rings (SSSR count). The number of ether oxygens (including phenoxy) is 2. The number of nitrogens with zero attached hydrogens (tertiary/aromatic N) is 3. The number of para-hydroxylation sites is 1. The molecule has 0 bridgehead atoms. The molecule has 0 aliphatic heterocycles. The fraction of sp³-hybridized carbons (Fsp3) is 0.222. The van der Waals surface area contributed by atoms with E-state index in [9.17, 15) is 18.8 Å². The highest BCUT2D eigenvalue weighted by atomic mass is 19.1. The van der Waals surface area contributed by atoms with Crippen molar-refractivity contribution in [3.63, 3.8) is 0 Å². The number of rotatable bonds is 8. The summed E-state index contributed by atoms with van der Waals surface area (Å²) in [5, 5.41) is 0. The molecule has 0 aliphatic carbocycles. The maximum atomic E-state index is 13.4. The summed E-state index contributed by atoms with van der Waals surface area (Å²) in [5.74, 6) is -1.48. The second-order valence-electron chi connectivity index (χ2n) is 8.36. The zero-order valence-electron chi connectivity index (χ0n) is 20.4. The summed E-state index contributed by atoms with van der Waals surface area (Å²) in [5.41, 5.74) is 3.29. The Hall–Kier alpha value is -4.40. The highest BCUT2D eigenvalue weighted by Gasteiger charge is 2.24. The minimum atomic E-state index is -0.758. The smallest absolute Gasteiger partial charge is 0.344 e. The first-order chi connectivity index (χ1) is 17.2. The van der Waals surface area contributed by atoms with Crippen molar-refractivity contribution in [2.45, 2.75) is 20.8 Å². The molecule has 0 N–H and O–H groups in total. The summed E-state index contributed by atoms with van der Waals surface area (Å²) in [6.45, 7) is 4.45. The summed E-state index contributed by atoms with van der Waals surface area (Å²) < 4.78 is 28.6. The van der Waals surface area contributed by atoms with E-state index in [0.717, 1.165) is 17.4 Å². The number of esters is 1. The first-order valence-electron chi connectivity index (χ1n) is 11.3. The third-order valence-electron chi connectivity index (χ3n) is 6.00. The lowest BCUT2D eigenvalue weighted by Crippen LogP contribution is -2.22. The van der Waals surface area contributed by atoms with Crippen LogP contribution in [0.15, 0.2) is 65.5 Å². The van der Waals surface area contributed by atoms with Crippen LogP contribution < -0.4 is 10.3 Å². The average Bonchev–Trinajstić information content (AvgIpc) is 3.27. The van der Waals surface area contributed by atoms with Gasteiger partial charge < -0.3 is 14.0 Å². The van der Waals surface area contributed by atoms with Crippen molar-refractivity contribution >= 4 is 11.8 Å². The van der Waals surface area contributed by atoms with Crippen LogP contribution in [0, 0.1) is 26.6 Å². The molecule has 2 aromatic carbocycles. The van der Waals surface area contributed by atoms with E-state index < -0.39 is 30.8 Å². The van der Waals surface area contributed by atoms with Crippen molar-refractivity contribution in [2.75, 3.05) is 13.2 Å². The van der Waals surface area contributed by atoms with Gasteiger partial charge in [0.05, 0.1) is 11.4 Å². The van der Waals surface area contributed by atoms with Gasteiger partial charge in [-0.25, -0.2) is 13.9 Å². The van der Waals surface area contributed by atoms with Crippen LogP contribution in [0.2, 0.25) is 0 Å². The predicted molar refractivity (Wildman–Crippen MR) is 132 cm³/mol. The normalized spacial score (nSPS) is 10.9. The van der Waals surface area contributed by atoms with Gasteiger partial charge in [-0.05, 0) is 51.1 Å². The third kappa shape index (κ3) is 4.72. The Balaban J connectivity index is 1.53. The molecule has 0 spiro atoms. The SMILES string of the molecule is Cc1cc(C(=O)COC(=O)COc2cccc(F)c2)c(C)n1-c1c(C)n(C)n(-c2ccccc2)c1=O. The Morgan fingerprint density at radius 3 is 2.33 bits per heavy atom. The number of carbonyl (C=O) groups is 2. The number of hydrogen-bond donors (Lipinski definition) is 0. The molecule has 8 nitrogen and oxygen atoms in total. The molecule has 2 heterocycles. The average molecular weight is 492 g/mol. The number of halogens is 1. The quantitative estimate of drug-likeness (QED) is 0.276. The number of aryl methyl sites for hydroxylation is 1.